The molecule has 1 aliphatic rings. The Morgan fingerprint density at radius 3 is 2.50 bits per heavy atom. The van der Waals surface area contributed by atoms with Crippen LogP contribution in [0.4, 0.5) is 0 Å². The average Bonchev–Trinajstić information content (AvgIpc) is 2.51. The maximum Gasteiger partial charge on any atom is 0.244 e. The number of carbonyl (C=O) groups excluding carboxylic acids is 1. The molecule has 1 aliphatic carbocycles. The molecule has 0 N–H and O–H groups in total. The molecule has 1 unspecified atom stereocenters. The number of amides is 1. The molecule has 106 valence electrons. The lowest BCUT2D eigenvalue weighted by Crippen LogP contribution is -2.43. The molecule has 1 atom stereocenters. The van der Waals surface area contributed by atoms with Crippen LogP contribution >= 0.6 is 0 Å². The van der Waals surface area contributed by atoms with Gasteiger partial charge in [-0.25, -0.2) is 0 Å². The monoisotopic (exact) mass is 270 g/mol. The van der Waals surface area contributed by atoms with E-state index in [4.69, 9.17) is 0 Å². The standard InChI is InChI=1S/C17H22N2O/c1-2-19(15-11-7-4-8-12-15)17(20)16(13-18)14-9-5-3-6-10-14/h3,5-6,9-10,15-16H,2,4,7-8,11-12H2,1H3. The van der Waals surface area contributed by atoms with Gasteiger partial charge in [-0.15, -0.1) is 0 Å². The second kappa shape index (κ2) is 7.09. The minimum absolute atomic E-state index is 0.0342. The summed E-state index contributed by atoms with van der Waals surface area (Å²) in [5.74, 6) is -0.703. The van der Waals surface area contributed by atoms with Crippen molar-refractivity contribution in [2.45, 2.75) is 51.0 Å². The van der Waals surface area contributed by atoms with Gasteiger partial charge in [-0.2, -0.15) is 5.26 Å². The van der Waals surface area contributed by atoms with Gasteiger partial charge in [-0.05, 0) is 25.3 Å². The Balaban J connectivity index is 2.16. The molecule has 0 aliphatic heterocycles. The van der Waals surface area contributed by atoms with Crippen LogP contribution in [0.3, 0.4) is 0 Å². The van der Waals surface area contributed by atoms with E-state index in [9.17, 15) is 10.1 Å². The molecule has 1 amide bonds. The lowest BCUT2D eigenvalue weighted by atomic mass is 9.92. The molecule has 0 bridgehead atoms. The van der Waals surface area contributed by atoms with Gasteiger partial charge in [0, 0.05) is 12.6 Å². The summed E-state index contributed by atoms with van der Waals surface area (Å²) >= 11 is 0. The van der Waals surface area contributed by atoms with Crippen molar-refractivity contribution in [3.63, 3.8) is 0 Å². The van der Waals surface area contributed by atoms with Crippen molar-refractivity contribution in [2.24, 2.45) is 0 Å². The van der Waals surface area contributed by atoms with Gasteiger partial charge in [-0.3, -0.25) is 4.79 Å². The summed E-state index contributed by atoms with van der Waals surface area (Å²) in [5.41, 5.74) is 0.800. The van der Waals surface area contributed by atoms with Crippen molar-refractivity contribution in [1.82, 2.24) is 4.90 Å². The van der Waals surface area contributed by atoms with Crippen molar-refractivity contribution in [3.05, 3.63) is 35.9 Å². The van der Waals surface area contributed by atoms with Crippen LogP contribution in [0.1, 0.15) is 50.5 Å². The lowest BCUT2D eigenvalue weighted by Gasteiger charge is -2.34. The van der Waals surface area contributed by atoms with E-state index in [0.29, 0.717) is 12.6 Å². The topological polar surface area (TPSA) is 44.1 Å². The van der Waals surface area contributed by atoms with E-state index in [2.05, 4.69) is 6.07 Å². The van der Waals surface area contributed by atoms with Gasteiger partial charge in [0.1, 0.15) is 5.92 Å². The first-order valence-corrected chi connectivity index (χ1v) is 7.53. The molecule has 0 heterocycles. The average molecular weight is 270 g/mol. The van der Waals surface area contributed by atoms with Crippen LogP contribution < -0.4 is 0 Å². The van der Waals surface area contributed by atoms with Crippen molar-refractivity contribution in [2.75, 3.05) is 6.54 Å². The number of nitrogens with zero attached hydrogens (tertiary/aromatic N) is 2. The summed E-state index contributed by atoms with van der Waals surface area (Å²) in [6, 6.07) is 11.9. The van der Waals surface area contributed by atoms with E-state index >= 15 is 0 Å². The van der Waals surface area contributed by atoms with E-state index in [1.54, 1.807) is 0 Å². The minimum Gasteiger partial charge on any atom is -0.339 e. The van der Waals surface area contributed by atoms with E-state index in [-0.39, 0.29) is 5.91 Å². The molecule has 0 aromatic heterocycles. The second-order valence-electron chi connectivity index (χ2n) is 5.39. The van der Waals surface area contributed by atoms with Crippen molar-refractivity contribution < 1.29 is 4.79 Å². The number of rotatable bonds is 4. The quantitative estimate of drug-likeness (QED) is 0.840. The lowest BCUT2D eigenvalue weighted by molar-refractivity contribution is -0.134. The number of hydrogen-bond acceptors (Lipinski definition) is 2. The SMILES string of the molecule is CCN(C(=O)C(C#N)c1ccccc1)C1CCCCC1. The Labute approximate surface area is 121 Å². The van der Waals surface area contributed by atoms with Gasteiger partial charge < -0.3 is 4.90 Å². The molecule has 0 radical (unpaired) electrons. The molecule has 0 spiro atoms. The van der Waals surface area contributed by atoms with E-state index in [1.807, 2.05) is 42.2 Å². The predicted octanol–water partition coefficient (Wildman–Crippen LogP) is 3.47. The summed E-state index contributed by atoms with van der Waals surface area (Å²) in [5, 5.41) is 9.40. The van der Waals surface area contributed by atoms with Gasteiger partial charge in [0.05, 0.1) is 6.07 Å². The Morgan fingerprint density at radius 2 is 1.95 bits per heavy atom. The summed E-state index contributed by atoms with van der Waals surface area (Å²) < 4.78 is 0. The minimum atomic E-state index is -0.668. The van der Waals surface area contributed by atoms with E-state index in [0.717, 1.165) is 18.4 Å². The third kappa shape index (κ3) is 3.19. The summed E-state index contributed by atoms with van der Waals surface area (Å²) in [6.07, 6.45) is 5.80. The molecule has 1 aromatic carbocycles. The highest BCUT2D eigenvalue weighted by Gasteiger charge is 2.30. The molecule has 0 saturated heterocycles. The first-order valence-electron chi connectivity index (χ1n) is 7.53. The zero-order valence-electron chi connectivity index (χ0n) is 12.1. The Hall–Kier alpha value is -1.82. The molecule has 1 fully saturated rings. The normalized spacial score (nSPS) is 17.2. The van der Waals surface area contributed by atoms with Crippen LogP contribution in [-0.4, -0.2) is 23.4 Å². The van der Waals surface area contributed by atoms with Crippen LogP contribution in [0.2, 0.25) is 0 Å². The smallest absolute Gasteiger partial charge is 0.244 e. The molecule has 2 rings (SSSR count). The Morgan fingerprint density at radius 1 is 1.30 bits per heavy atom. The highest BCUT2D eigenvalue weighted by Crippen LogP contribution is 2.26. The maximum absolute atomic E-state index is 12.7. The summed E-state index contributed by atoms with van der Waals surface area (Å²) in [7, 11) is 0. The molecule has 1 aromatic rings. The van der Waals surface area contributed by atoms with E-state index in [1.165, 1.54) is 19.3 Å². The highest BCUT2D eigenvalue weighted by atomic mass is 16.2. The molecule has 3 heteroatoms. The zero-order chi connectivity index (χ0) is 14.4. The zero-order valence-corrected chi connectivity index (χ0v) is 12.1. The molecular formula is C17H22N2O. The largest absolute Gasteiger partial charge is 0.339 e. The van der Waals surface area contributed by atoms with Gasteiger partial charge in [0.2, 0.25) is 5.91 Å². The first-order chi connectivity index (χ1) is 9.77. The fourth-order valence-corrected chi connectivity index (χ4v) is 3.07. The summed E-state index contributed by atoms with van der Waals surface area (Å²) in [6.45, 7) is 2.69. The fourth-order valence-electron chi connectivity index (χ4n) is 3.07. The van der Waals surface area contributed by atoms with Gasteiger partial charge in [0.25, 0.3) is 0 Å². The number of nitriles is 1. The second-order valence-corrected chi connectivity index (χ2v) is 5.39. The Bertz CT molecular complexity index is 472. The van der Waals surface area contributed by atoms with Crippen LogP contribution in [0.5, 0.6) is 0 Å². The summed E-state index contributed by atoms with van der Waals surface area (Å²) in [4.78, 5) is 14.6. The van der Waals surface area contributed by atoms with Crippen molar-refractivity contribution in [1.29, 1.82) is 5.26 Å². The number of carbonyl (C=O) groups is 1. The molecule has 3 nitrogen and oxygen atoms in total. The van der Waals surface area contributed by atoms with Gasteiger partial charge >= 0.3 is 0 Å². The van der Waals surface area contributed by atoms with Crippen molar-refractivity contribution >= 4 is 5.91 Å². The molecule has 1 saturated carbocycles. The fraction of sp³-hybridized carbons (Fsp3) is 0.529. The first kappa shape index (κ1) is 14.6. The van der Waals surface area contributed by atoms with E-state index < -0.39 is 5.92 Å². The number of likely N-dealkylation sites (N-methyl/N-ethyl adjacent to an activating group) is 1. The molecular weight excluding hydrogens is 248 g/mol. The van der Waals surface area contributed by atoms with Crippen molar-refractivity contribution in [3.8, 4) is 6.07 Å². The molecule has 20 heavy (non-hydrogen) atoms. The third-order valence-electron chi connectivity index (χ3n) is 4.15. The Kier molecular flexibility index (Phi) is 5.17. The van der Waals surface area contributed by atoms with Crippen LogP contribution in [-0.2, 0) is 4.79 Å². The third-order valence-corrected chi connectivity index (χ3v) is 4.15. The van der Waals surface area contributed by atoms with Crippen LogP contribution in [0.15, 0.2) is 30.3 Å². The predicted molar refractivity (Wildman–Crippen MR) is 79.1 cm³/mol. The van der Waals surface area contributed by atoms with Crippen LogP contribution in [0.25, 0.3) is 0 Å². The van der Waals surface area contributed by atoms with Gasteiger partial charge in [0.15, 0.2) is 0 Å². The maximum atomic E-state index is 12.7. The highest BCUT2D eigenvalue weighted by molar-refractivity contribution is 5.86. The number of hydrogen-bond donors (Lipinski definition) is 0. The number of benzene rings is 1. The van der Waals surface area contributed by atoms with Gasteiger partial charge in [-0.1, -0.05) is 49.6 Å². The van der Waals surface area contributed by atoms with Crippen LogP contribution in [0, 0.1) is 11.3 Å².